The highest BCUT2D eigenvalue weighted by Crippen LogP contribution is 2.34. The van der Waals surface area contributed by atoms with Crippen molar-refractivity contribution < 1.29 is 4.79 Å². The Morgan fingerprint density at radius 3 is 2.24 bits per heavy atom. The van der Waals surface area contributed by atoms with Crippen molar-refractivity contribution in [1.29, 1.82) is 0 Å². The summed E-state index contributed by atoms with van der Waals surface area (Å²) in [6.45, 7) is 3.74. The molecule has 1 aliphatic carbocycles. The molecule has 3 nitrogen and oxygen atoms in total. The molecule has 0 spiro atoms. The molecule has 1 aliphatic rings. The lowest BCUT2D eigenvalue weighted by Gasteiger charge is -2.36. The van der Waals surface area contributed by atoms with Crippen LogP contribution in [-0.2, 0) is 4.79 Å². The van der Waals surface area contributed by atoms with Gasteiger partial charge in [0.1, 0.15) is 0 Å². The predicted octanol–water partition coefficient (Wildman–Crippen LogP) is 4.15. The van der Waals surface area contributed by atoms with Gasteiger partial charge in [-0.05, 0) is 31.2 Å². The summed E-state index contributed by atoms with van der Waals surface area (Å²) in [5.41, 5.74) is 6.14. The maximum atomic E-state index is 11.9. The lowest BCUT2D eigenvalue weighted by atomic mass is 9.74. The zero-order chi connectivity index (χ0) is 15.4. The Kier molecular flexibility index (Phi) is 9.73. The van der Waals surface area contributed by atoms with Crippen LogP contribution in [0.4, 0.5) is 0 Å². The van der Waals surface area contributed by atoms with Crippen LogP contribution in [0.1, 0.15) is 90.4 Å². The van der Waals surface area contributed by atoms with E-state index in [-0.39, 0.29) is 11.3 Å². The maximum Gasteiger partial charge on any atom is 0.220 e. The first-order valence-electron chi connectivity index (χ1n) is 9.19. The fraction of sp³-hybridized carbons (Fsp3) is 0.944. The molecule has 1 amide bonds. The molecule has 0 radical (unpaired) electrons. The second-order valence-electron chi connectivity index (χ2n) is 6.91. The Hall–Kier alpha value is -0.570. The largest absolute Gasteiger partial charge is 0.355 e. The first-order chi connectivity index (χ1) is 10.2. The number of hydrogen-bond acceptors (Lipinski definition) is 2. The quantitative estimate of drug-likeness (QED) is 0.563. The van der Waals surface area contributed by atoms with Crippen molar-refractivity contribution in [3.8, 4) is 0 Å². The van der Waals surface area contributed by atoms with E-state index in [1.165, 1.54) is 70.6 Å². The smallest absolute Gasteiger partial charge is 0.220 e. The van der Waals surface area contributed by atoms with E-state index in [0.717, 1.165) is 13.0 Å². The molecule has 0 aromatic heterocycles. The third-order valence-electron chi connectivity index (χ3n) is 5.02. The predicted molar refractivity (Wildman–Crippen MR) is 90.2 cm³/mol. The van der Waals surface area contributed by atoms with Gasteiger partial charge in [0, 0.05) is 13.0 Å². The Labute approximate surface area is 131 Å². The fourth-order valence-electron chi connectivity index (χ4n) is 3.37. The van der Waals surface area contributed by atoms with Gasteiger partial charge in [0.2, 0.25) is 5.91 Å². The first kappa shape index (κ1) is 18.5. The topological polar surface area (TPSA) is 55.1 Å². The molecule has 0 atom stereocenters. The minimum absolute atomic E-state index is 0.189. The van der Waals surface area contributed by atoms with Gasteiger partial charge in [-0.15, -0.1) is 0 Å². The lowest BCUT2D eigenvalue weighted by Crippen LogP contribution is -2.43. The summed E-state index contributed by atoms with van der Waals surface area (Å²) in [6.07, 6.45) is 15.7. The summed E-state index contributed by atoms with van der Waals surface area (Å²) in [4.78, 5) is 11.9. The SMILES string of the molecule is CCCCCCCCCC(=O)NCC1(CN)CCCCC1. The van der Waals surface area contributed by atoms with E-state index in [1.807, 2.05) is 0 Å². The standard InChI is InChI=1S/C18H36N2O/c1-2-3-4-5-6-7-9-12-17(21)20-16-18(15-19)13-10-8-11-14-18/h2-16,19H2,1H3,(H,20,21). The van der Waals surface area contributed by atoms with Crippen LogP contribution in [0.3, 0.4) is 0 Å². The van der Waals surface area contributed by atoms with E-state index < -0.39 is 0 Å². The number of nitrogens with two attached hydrogens (primary N) is 1. The molecule has 124 valence electrons. The summed E-state index contributed by atoms with van der Waals surface area (Å²) in [5, 5.41) is 3.14. The second kappa shape index (κ2) is 11.1. The zero-order valence-electron chi connectivity index (χ0n) is 14.1. The molecule has 0 heterocycles. The van der Waals surface area contributed by atoms with E-state index in [2.05, 4.69) is 12.2 Å². The van der Waals surface area contributed by atoms with Crippen molar-refractivity contribution in [2.75, 3.05) is 13.1 Å². The number of carbonyl (C=O) groups is 1. The van der Waals surface area contributed by atoms with Crippen LogP contribution in [0.5, 0.6) is 0 Å². The Morgan fingerprint density at radius 1 is 1.00 bits per heavy atom. The highest BCUT2D eigenvalue weighted by Gasteiger charge is 2.30. The average Bonchev–Trinajstić information content (AvgIpc) is 2.53. The molecule has 3 heteroatoms. The molecular formula is C18H36N2O. The minimum Gasteiger partial charge on any atom is -0.355 e. The van der Waals surface area contributed by atoms with Gasteiger partial charge in [-0.3, -0.25) is 4.79 Å². The summed E-state index contributed by atoms with van der Waals surface area (Å²) >= 11 is 0. The van der Waals surface area contributed by atoms with Crippen LogP contribution in [0, 0.1) is 5.41 Å². The van der Waals surface area contributed by atoms with Crippen molar-refractivity contribution >= 4 is 5.91 Å². The fourth-order valence-corrected chi connectivity index (χ4v) is 3.37. The maximum absolute atomic E-state index is 11.9. The molecule has 0 saturated heterocycles. The zero-order valence-corrected chi connectivity index (χ0v) is 14.1. The molecular weight excluding hydrogens is 260 g/mol. The summed E-state index contributed by atoms with van der Waals surface area (Å²) in [7, 11) is 0. The lowest BCUT2D eigenvalue weighted by molar-refractivity contribution is -0.121. The molecule has 0 bridgehead atoms. The van der Waals surface area contributed by atoms with Crippen molar-refractivity contribution in [3.63, 3.8) is 0 Å². The van der Waals surface area contributed by atoms with Crippen LogP contribution in [0.2, 0.25) is 0 Å². The molecule has 1 fully saturated rings. The van der Waals surface area contributed by atoms with Gasteiger partial charge < -0.3 is 11.1 Å². The third kappa shape index (κ3) is 7.85. The first-order valence-corrected chi connectivity index (χ1v) is 9.19. The van der Waals surface area contributed by atoms with Gasteiger partial charge >= 0.3 is 0 Å². The van der Waals surface area contributed by atoms with E-state index >= 15 is 0 Å². The summed E-state index contributed by atoms with van der Waals surface area (Å²) < 4.78 is 0. The molecule has 0 aliphatic heterocycles. The van der Waals surface area contributed by atoms with Crippen molar-refractivity contribution in [2.24, 2.45) is 11.1 Å². The molecule has 1 rings (SSSR count). The molecule has 3 N–H and O–H groups in total. The second-order valence-corrected chi connectivity index (χ2v) is 6.91. The number of nitrogens with one attached hydrogen (secondary N) is 1. The normalized spacial score (nSPS) is 17.6. The van der Waals surface area contributed by atoms with Crippen molar-refractivity contribution in [3.05, 3.63) is 0 Å². The van der Waals surface area contributed by atoms with Gasteiger partial charge in [-0.25, -0.2) is 0 Å². The number of amides is 1. The average molecular weight is 296 g/mol. The van der Waals surface area contributed by atoms with E-state index in [4.69, 9.17) is 5.73 Å². The molecule has 0 aromatic carbocycles. The number of hydrogen-bond donors (Lipinski definition) is 2. The van der Waals surface area contributed by atoms with Crippen LogP contribution in [0.25, 0.3) is 0 Å². The Morgan fingerprint density at radius 2 is 1.62 bits per heavy atom. The number of rotatable bonds is 11. The van der Waals surface area contributed by atoms with Gasteiger partial charge in [0.25, 0.3) is 0 Å². The molecule has 21 heavy (non-hydrogen) atoms. The van der Waals surface area contributed by atoms with Crippen molar-refractivity contribution in [1.82, 2.24) is 5.32 Å². The number of carbonyl (C=O) groups excluding carboxylic acids is 1. The van der Waals surface area contributed by atoms with Gasteiger partial charge in [0.15, 0.2) is 0 Å². The number of unbranched alkanes of at least 4 members (excludes halogenated alkanes) is 6. The van der Waals surface area contributed by atoms with Crippen LogP contribution < -0.4 is 11.1 Å². The monoisotopic (exact) mass is 296 g/mol. The Balaban J connectivity index is 2.05. The van der Waals surface area contributed by atoms with Crippen LogP contribution in [0.15, 0.2) is 0 Å². The molecule has 0 aromatic rings. The van der Waals surface area contributed by atoms with E-state index in [9.17, 15) is 4.79 Å². The highest BCUT2D eigenvalue weighted by atomic mass is 16.1. The van der Waals surface area contributed by atoms with Crippen molar-refractivity contribution in [2.45, 2.75) is 90.4 Å². The van der Waals surface area contributed by atoms with Crippen LogP contribution in [-0.4, -0.2) is 19.0 Å². The highest BCUT2D eigenvalue weighted by molar-refractivity contribution is 5.75. The summed E-state index contributed by atoms with van der Waals surface area (Å²) in [5.74, 6) is 0.224. The molecule has 1 saturated carbocycles. The Bertz CT molecular complexity index is 272. The van der Waals surface area contributed by atoms with Gasteiger partial charge in [-0.2, -0.15) is 0 Å². The van der Waals surface area contributed by atoms with E-state index in [1.54, 1.807) is 0 Å². The van der Waals surface area contributed by atoms with E-state index in [0.29, 0.717) is 13.0 Å². The van der Waals surface area contributed by atoms with Gasteiger partial charge in [0.05, 0.1) is 0 Å². The van der Waals surface area contributed by atoms with Crippen LogP contribution >= 0.6 is 0 Å². The molecule has 0 unspecified atom stereocenters. The summed E-state index contributed by atoms with van der Waals surface area (Å²) in [6, 6.07) is 0. The van der Waals surface area contributed by atoms with Gasteiger partial charge in [-0.1, -0.05) is 64.7 Å². The minimum atomic E-state index is 0.189. The third-order valence-corrected chi connectivity index (χ3v) is 5.02.